The van der Waals surface area contributed by atoms with Crippen LogP contribution in [0.1, 0.15) is 63.3 Å². The van der Waals surface area contributed by atoms with E-state index in [-0.39, 0.29) is 23.9 Å². The van der Waals surface area contributed by atoms with Gasteiger partial charge in [0.2, 0.25) is 0 Å². The summed E-state index contributed by atoms with van der Waals surface area (Å²) >= 11 is 0. The molecule has 5 nitrogen and oxygen atoms in total. The molecule has 2 amide bonds. The maximum atomic E-state index is 12.4. The fourth-order valence-electron chi connectivity index (χ4n) is 3.54. The van der Waals surface area contributed by atoms with Crippen LogP contribution in [0, 0.1) is 0 Å². The Balaban J connectivity index is 1.88. The van der Waals surface area contributed by atoms with E-state index in [2.05, 4.69) is 28.8 Å². The van der Waals surface area contributed by atoms with E-state index >= 15 is 0 Å². The van der Waals surface area contributed by atoms with E-state index in [0.717, 1.165) is 23.4 Å². The molecule has 1 aromatic rings. The predicted octanol–water partition coefficient (Wildman–Crippen LogP) is 1.17. The van der Waals surface area contributed by atoms with Crippen LogP contribution in [0.15, 0.2) is 18.2 Å². The SMILES string of the molecule is CC[NH+](CC(=O)NC(C)C)CC(=O)N[C@@H](C)c1ccc2c(c1)CCCC2. The summed E-state index contributed by atoms with van der Waals surface area (Å²) in [5, 5.41) is 5.98. The third-order valence-electron chi connectivity index (χ3n) is 5.02. The zero-order chi connectivity index (χ0) is 19.1. The van der Waals surface area contributed by atoms with Gasteiger partial charge in [-0.05, 0) is 70.1 Å². The number of fused-ring (bicyclic) bond motifs is 1. The van der Waals surface area contributed by atoms with Crippen LogP contribution in [0.4, 0.5) is 0 Å². The number of hydrogen-bond donors (Lipinski definition) is 3. The molecule has 0 saturated carbocycles. The second-order valence-corrected chi connectivity index (χ2v) is 7.70. The average molecular weight is 361 g/mol. The predicted molar refractivity (Wildman–Crippen MR) is 104 cm³/mol. The summed E-state index contributed by atoms with van der Waals surface area (Å²) < 4.78 is 0. The Morgan fingerprint density at radius 3 is 2.23 bits per heavy atom. The Labute approximate surface area is 157 Å². The highest BCUT2D eigenvalue weighted by atomic mass is 16.2. The molecule has 26 heavy (non-hydrogen) atoms. The minimum Gasteiger partial charge on any atom is -0.349 e. The van der Waals surface area contributed by atoms with Gasteiger partial charge in [0, 0.05) is 6.04 Å². The largest absolute Gasteiger partial charge is 0.349 e. The van der Waals surface area contributed by atoms with Crippen LogP contribution in [-0.2, 0) is 22.4 Å². The molecular weight excluding hydrogens is 326 g/mol. The molecule has 0 saturated heterocycles. The molecule has 3 N–H and O–H groups in total. The number of carbonyl (C=O) groups is 2. The molecule has 0 aromatic heterocycles. The second kappa shape index (κ2) is 9.72. The van der Waals surface area contributed by atoms with Crippen LogP contribution < -0.4 is 15.5 Å². The van der Waals surface area contributed by atoms with Crippen molar-refractivity contribution in [2.75, 3.05) is 19.6 Å². The molecule has 1 aromatic carbocycles. The number of rotatable bonds is 8. The molecule has 0 bridgehead atoms. The van der Waals surface area contributed by atoms with Crippen molar-refractivity contribution in [2.45, 2.75) is 65.5 Å². The molecule has 2 atom stereocenters. The van der Waals surface area contributed by atoms with Crippen LogP contribution in [0.5, 0.6) is 0 Å². The van der Waals surface area contributed by atoms with Gasteiger partial charge in [-0.15, -0.1) is 0 Å². The highest BCUT2D eigenvalue weighted by molar-refractivity contribution is 5.79. The fourth-order valence-corrected chi connectivity index (χ4v) is 3.54. The van der Waals surface area contributed by atoms with E-state index in [1.807, 2.05) is 27.7 Å². The summed E-state index contributed by atoms with van der Waals surface area (Å²) in [6.07, 6.45) is 4.84. The van der Waals surface area contributed by atoms with Crippen LogP contribution in [0.3, 0.4) is 0 Å². The average Bonchev–Trinajstić information content (AvgIpc) is 2.59. The van der Waals surface area contributed by atoms with Crippen molar-refractivity contribution in [3.8, 4) is 0 Å². The highest BCUT2D eigenvalue weighted by Crippen LogP contribution is 2.24. The number of carbonyl (C=O) groups excluding carboxylic acids is 2. The molecule has 5 heteroatoms. The van der Waals surface area contributed by atoms with Gasteiger partial charge in [-0.3, -0.25) is 9.59 Å². The van der Waals surface area contributed by atoms with Crippen molar-refractivity contribution < 1.29 is 14.5 Å². The van der Waals surface area contributed by atoms with Crippen molar-refractivity contribution in [2.24, 2.45) is 0 Å². The number of benzene rings is 1. The van der Waals surface area contributed by atoms with Gasteiger partial charge in [0.15, 0.2) is 13.1 Å². The maximum absolute atomic E-state index is 12.4. The Kier molecular flexibility index (Phi) is 7.64. The van der Waals surface area contributed by atoms with Crippen LogP contribution in [-0.4, -0.2) is 37.5 Å². The van der Waals surface area contributed by atoms with E-state index in [1.54, 1.807) is 0 Å². The van der Waals surface area contributed by atoms with Gasteiger partial charge in [-0.1, -0.05) is 18.2 Å². The first-order valence-electron chi connectivity index (χ1n) is 9.93. The zero-order valence-corrected chi connectivity index (χ0v) is 16.7. The topological polar surface area (TPSA) is 62.6 Å². The molecule has 2 rings (SSSR count). The summed E-state index contributed by atoms with van der Waals surface area (Å²) in [7, 11) is 0. The maximum Gasteiger partial charge on any atom is 0.275 e. The lowest BCUT2D eigenvalue weighted by Crippen LogP contribution is -3.14. The zero-order valence-electron chi connectivity index (χ0n) is 16.7. The van der Waals surface area contributed by atoms with Crippen molar-refractivity contribution in [3.05, 3.63) is 34.9 Å². The molecule has 0 radical (unpaired) electrons. The number of likely N-dealkylation sites (N-methyl/N-ethyl adjacent to an activating group) is 1. The Bertz CT molecular complexity index is 628. The van der Waals surface area contributed by atoms with E-state index in [1.165, 1.54) is 30.4 Å². The Morgan fingerprint density at radius 2 is 1.62 bits per heavy atom. The fraction of sp³-hybridized carbons (Fsp3) is 0.619. The Hall–Kier alpha value is -1.88. The van der Waals surface area contributed by atoms with Crippen LogP contribution in [0.2, 0.25) is 0 Å². The lowest BCUT2D eigenvalue weighted by molar-refractivity contribution is -0.881. The van der Waals surface area contributed by atoms with Gasteiger partial charge < -0.3 is 15.5 Å². The molecule has 0 fully saturated rings. The quantitative estimate of drug-likeness (QED) is 0.652. The van der Waals surface area contributed by atoms with Gasteiger partial charge in [0.25, 0.3) is 11.8 Å². The minimum absolute atomic E-state index is 0.00705. The lowest BCUT2D eigenvalue weighted by atomic mass is 9.89. The molecule has 1 aliphatic carbocycles. The molecule has 144 valence electrons. The lowest BCUT2D eigenvalue weighted by Gasteiger charge is -2.21. The number of quaternary nitrogens is 1. The number of nitrogens with one attached hydrogen (secondary N) is 3. The molecule has 0 spiro atoms. The summed E-state index contributed by atoms with van der Waals surface area (Å²) in [5.41, 5.74) is 4.05. The first-order chi connectivity index (χ1) is 12.4. The normalized spacial score (nSPS) is 15.9. The Morgan fingerprint density at radius 1 is 1.00 bits per heavy atom. The van der Waals surface area contributed by atoms with Gasteiger partial charge in [0.1, 0.15) is 0 Å². The van der Waals surface area contributed by atoms with Gasteiger partial charge in [-0.25, -0.2) is 0 Å². The summed E-state index contributed by atoms with van der Waals surface area (Å²) in [6.45, 7) is 9.30. The first kappa shape index (κ1) is 20.4. The second-order valence-electron chi connectivity index (χ2n) is 7.70. The molecule has 1 unspecified atom stereocenters. The van der Waals surface area contributed by atoms with Crippen molar-refractivity contribution in [1.82, 2.24) is 10.6 Å². The minimum atomic E-state index is -0.0164. The van der Waals surface area contributed by atoms with Crippen molar-refractivity contribution in [3.63, 3.8) is 0 Å². The van der Waals surface area contributed by atoms with E-state index in [4.69, 9.17) is 0 Å². The summed E-state index contributed by atoms with van der Waals surface area (Å²) in [4.78, 5) is 25.3. The van der Waals surface area contributed by atoms with Crippen LogP contribution >= 0.6 is 0 Å². The molecule has 1 aliphatic rings. The summed E-state index contributed by atoms with van der Waals surface area (Å²) in [6, 6.07) is 6.71. The third kappa shape index (κ3) is 6.13. The smallest absolute Gasteiger partial charge is 0.275 e. The third-order valence-corrected chi connectivity index (χ3v) is 5.02. The molecule has 0 aliphatic heterocycles. The monoisotopic (exact) mass is 360 g/mol. The summed E-state index contributed by atoms with van der Waals surface area (Å²) in [5.74, 6) is -0.0168. The van der Waals surface area contributed by atoms with Gasteiger partial charge in [-0.2, -0.15) is 0 Å². The van der Waals surface area contributed by atoms with Crippen molar-refractivity contribution >= 4 is 11.8 Å². The standard InChI is InChI=1S/C21H33N3O2/c1-5-24(13-20(25)22-15(2)3)14-21(26)23-16(4)18-11-10-17-8-6-7-9-19(17)12-18/h10-12,15-16H,5-9,13-14H2,1-4H3,(H,22,25)(H,23,26)/p+1/t16-/m0/s1. The highest BCUT2D eigenvalue weighted by Gasteiger charge is 2.19. The van der Waals surface area contributed by atoms with E-state index in [9.17, 15) is 9.59 Å². The first-order valence-corrected chi connectivity index (χ1v) is 9.93. The van der Waals surface area contributed by atoms with Crippen molar-refractivity contribution in [1.29, 1.82) is 0 Å². The number of amides is 2. The van der Waals surface area contributed by atoms with E-state index in [0.29, 0.717) is 13.1 Å². The van der Waals surface area contributed by atoms with Gasteiger partial charge >= 0.3 is 0 Å². The molecular formula is C21H34N3O2+. The van der Waals surface area contributed by atoms with E-state index < -0.39 is 0 Å². The number of hydrogen-bond acceptors (Lipinski definition) is 2. The number of aryl methyl sites for hydroxylation is 2. The van der Waals surface area contributed by atoms with Gasteiger partial charge in [0.05, 0.1) is 12.6 Å². The van der Waals surface area contributed by atoms with Crippen LogP contribution in [0.25, 0.3) is 0 Å². The molecule has 0 heterocycles.